The summed E-state index contributed by atoms with van der Waals surface area (Å²) in [4.78, 5) is 44.2. The molecule has 0 aliphatic heterocycles. The molecule has 3 rings (SSSR count). The summed E-state index contributed by atoms with van der Waals surface area (Å²) >= 11 is 0. The molecular formula is C23H25N5O3. The molecule has 0 spiro atoms. The molecule has 160 valence electrons. The number of primary amides is 1. The first-order valence-corrected chi connectivity index (χ1v) is 9.90. The lowest BCUT2D eigenvalue weighted by Crippen LogP contribution is -2.28. The minimum atomic E-state index is -0.530. The SMILES string of the molecule is CC(c1cc2ccccc2[nH]1)N(C)C(=O)/C=C/c1ccc(NC(=O)CCC(N)=O)nc1. The Balaban J connectivity index is 1.58. The van der Waals surface area contributed by atoms with Crippen molar-refractivity contribution >= 4 is 40.5 Å². The molecule has 0 radical (unpaired) electrons. The van der Waals surface area contributed by atoms with Crippen LogP contribution in [0.15, 0.2) is 54.7 Å². The van der Waals surface area contributed by atoms with E-state index < -0.39 is 5.91 Å². The van der Waals surface area contributed by atoms with Gasteiger partial charge in [-0.15, -0.1) is 0 Å². The van der Waals surface area contributed by atoms with Crippen molar-refractivity contribution in [2.75, 3.05) is 12.4 Å². The third kappa shape index (κ3) is 5.79. The smallest absolute Gasteiger partial charge is 0.246 e. The van der Waals surface area contributed by atoms with Crippen LogP contribution in [0.1, 0.15) is 37.1 Å². The Morgan fingerprint density at radius 3 is 2.65 bits per heavy atom. The monoisotopic (exact) mass is 419 g/mol. The van der Waals surface area contributed by atoms with Crippen LogP contribution in [0.3, 0.4) is 0 Å². The fourth-order valence-corrected chi connectivity index (χ4v) is 3.03. The molecule has 0 aliphatic rings. The summed E-state index contributed by atoms with van der Waals surface area (Å²) in [6.45, 7) is 1.97. The Hall–Kier alpha value is -3.94. The number of benzene rings is 1. The third-order valence-corrected chi connectivity index (χ3v) is 5.00. The highest BCUT2D eigenvalue weighted by molar-refractivity contribution is 5.93. The highest BCUT2D eigenvalue weighted by atomic mass is 16.2. The Morgan fingerprint density at radius 1 is 1.19 bits per heavy atom. The van der Waals surface area contributed by atoms with E-state index in [2.05, 4.69) is 15.3 Å². The maximum atomic E-state index is 12.6. The number of nitrogens with two attached hydrogens (primary N) is 1. The van der Waals surface area contributed by atoms with Gasteiger partial charge in [-0.05, 0) is 48.2 Å². The van der Waals surface area contributed by atoms with Crippen LogP contribution >= 0.6 is 0 Å². The molecule has 31 heavy (non-hydrogen) atoms. The molecule has 3 amide bonds. The van der Waals surface area contributed by atoms with E-state index in [1.807, 2.05) is 37.3 Å². The number of nitrogens with zero attached hydrogens (tertiary/aromatic N) is 2. The minimum absolute atomic E-state index is 0.00800. The Kier molecular flexibility index (Phi) is 6.81. The Morgan fingerprint density at radius 2 is 1.97 bits per heavy atom. The molecule has 8 nitrogen and oxygen atoms in total. The van der Waals surface area contributed by atoms with Gasteiger partial charge in [-0.25, -0.2) is 4.98 Å². The lowest BCUT2D eigenvalue weighted by atomic mass is 10.2. The zero-order valence-electron chi connectivity index (χ0n) is 17.5. The summed E-state index contributed by atoms with van der Waals surface area (Å²) in [5.41, 5.74) is 7.74. The van der Waals surface area contributed by atoms with Crippen LogP contribution in [-0.2, 0) is 14.4 Å². The van der Waals surface area contributed by atoms with Crippen LogP contribution in [0, 0.1) is 0 Å². The van der Waals surface area contributed by atoms with Gasteiger partial charge in [-0.3, -0.25) is 14.4 Å². The predicted octanol–water partition coefficient (Wildman–Crippen LogP) is 3.00. The van der Waals surface area contributed by atoms with Gasteiger partial charge < -0.3 is 20.9 Å². The fourth-order valence-electron chi connectivity index (χ4n) is 3.03. The van der Waals surface area contributed by atoms with Crippen LogP contribution in [-0.4, -0.2) is 39.6 Å². The van der Waals surface area contributed by atoms with Gasteiger partial charge in [0.15, 0.2) is 0 Å². The number of para-hydroxylation sites is 1. The van der Waals surface area contributed by atoms with Crippen LogP contribution in [0.4, 0.5) is 5.82 Å². The van der Waals surface area contributed by atoms with Gasteiger partial charge in [-0.1, -0.05) is 18.2 Å². The van der Waals surface area contributed by atoms with Gasteiger partial charge in [0.1, 0.15) is 5.82 Å². The summed E-state index contributed by atoms with van der Waals surface area (Å²) in [6.07, 6.45) is 4.70. The van der Waals surface area contributed by atoms with Crippen LogP contribution in [0.2, 0.25) is 0 Å². The van der Waals surface area contributed by atoms with Crippen molar-refractivity contribution in [3.05, 3.63) is 66.0 Å². The Bertz CT molecular complexity index is 1080. The molecule has 4 N–H and O–H groups in total. The van der Waals surface area contributed by atoms with Crippen molar-refractivity contribution < 1.29 is 14.4 Å². The van der Waals surface area contributed by atoms with E-state index in [-0.39, 0.29) is 30.7 Å². The van der Waals surface area contributed by atoms with Crippen molar-refractivity contribution in [3.63, 3.8) is 0 Å². The number of nitrogens with one attached hydrogen (secondary N) is 2. The number of H-pyrrole nitrogens is 1. The number of fused-ring (bicyclic) bond motifs is 1. The second-order valence-electron chi connectivity index (χ2n) is 7.26. The van der Waals surface area contributed by atoms with Crippen molar-refractivity contribution in [1.82, 2.24) is 14.9 Å². The summed E-state index contributed by atoms with van der Waals surface area (Å²) < 4.78 is 0. The van der Waals surface area contributed by atoms with Gasteiger partial charge in [0.05, 0.1) is 6.04 Å². The first kappa shape index (κ1) is 21.8. The number of carbonyl (C=O) groups is 3. The van der Waals surface area contributed by atoms with Crippen LogP contribution in [0.25, 0.3) is 17.0 Å². The lowest BCUT2D eigenvalue weighted by Gasteiger charge is -2.22. The van der Waals surface area contributed by atoms with Crippen molar-refractivity contribution in [3.8, 4) is 0 Å². The highest BCUT2D eigenvalue weighted by Crippen LogP contribution is 2.23. The summed E-state index contributed by atoms with van der Waals surface area (Å²) in [6, 6.07) is 13.3. The van der Waals surface area contributed by atoms with E-state index in [0.29, 0.717) is 5.82 Å². The van der Waals surface area contributed by atoms with Gasteiger partial charge >= 0.3 is 0 Å². The topological polar surface area (TPSA) is 121 Å². The lowest BCUT2D eigenvalue weighted by molar-refractivity contribution is -0.126. The molecule has 0 aliphatic carbocycles. The first-order chi connectivity index (χ1) is 14.8. The summed E-state index contributed by atoms with van der Waals surface area (Å²) in [7, 11) is 1.76. The third-order valence-electron chi connectivity index (χ3n) is 5.00. The summed E-state index contributed by atoms with van der Waals surface area (Å²) in [5.74, 6) is -0.646. The van der Waals surface area contributed by atoms with E-state index in [1.165, 1.54) is 6.08 Å². The molecule has 1 unspecified atom stereocenters. The standard InChI is InChI=1S/C23H25N5O3/c1-15(19-13-17-5-3-4-6-18(17)26-19)28(2)23(31)12-8-16-7-10-21(25-14-16)27-22(30)11-9-20(24)29/h3-8,10,12-15,26H,9,11H2,1-2H3,(H2,24,29)(H,25,27,30)/b12-8+. The number of likely N-dealkylation sites (N-methyl/N-ethyl adjacent to an activating group) is 1. The second-order valence-corrected chi connectivity index (χ2v) is 7.26. The molecule has 1 atom stereocenters. The van der Waals surface area contributed by atoms with Crippen molar-refractivity contribution in [2.45, 2.75) is 25.8 Å². The molecule has 0 bridgehead atoms. The van der Waals surface area contributed by atoms with Gasteiger partial charge in [0, 0.05) is 43.4 Å². The number of hydrogen-bond acceptors (Lipinski definition) is 4. The molecule has 2 heterocycles. The molecule has 0 saturated carbocycles. The average molecular weight is 419 g/mol. The summed E-state index contributed by atoms with van der Waals surface area (Å²) in [5, 5.41) is 3.70. The molecule has 0 fully saturated rings. The van der Waals surface area contributed by atoms with E-state index in [0.717, 1.165) is 22.2 Å². The van der Waals surface area contributed by atoms with E-state index in [4.69, 9.17) is 5.73 Å². The molecule has 2 aromatic heterocycles. The van der Waals surface area contributed by atoms with E-state index >= 15 is 0 Å². The van der Waals surface area contributed by atoms with E-state index in [1.54, 1.807) is 36.4 Å². The molecule has 1 aromatic carbocycles. The number of pyridine rings is 1. The fraction of sp³-hybridized carbons (Fsp3) is 0.217. The number of amides is 3. The zero-order chi connectivity index (χ0) is 22.4. The van der Waals surface area contributed by atoms with Crippen LogP contribution < -0.4 is 11.1 Å². The van der Waals surface area contributed by atoms with Gasteiger partial charge in [0.2, 0.25) is 17.7 Å². The molecule has 0 saturated heterocycles. The Labute approximate surface area is 180 Å². The number of aromatic nitrogens is 2. The quantitative estimate of drug-likeness (QED) is 0.486. The van der Waals surface area contributed by atoms with Crippen LogP contribution in [0.5, 0.6) is 0 Å². The maximum Gasteiger partial charge on any atom is 0.246 e. The molecule has 8 heteroatoms. The van der Waals surface area contributed by atoms with Gasteiger partial charge in [0.25, 0.3) is 0 Å². The highest BCUT2D eigenvalue weighted by Gasteiger charge is 2.17. The maximum absolute atomic E-state index is 12.6. The van der Waals surface area contributed by atoms with Crippen molar-refractivity contribution in [2.24, 2.45) is 5.73 Å². The van der Waals surface area contributed by atoms with Gasteiger partial charge in [-0.2, -0.15) is 0 Å². The largest absolute Gasteiger partial charge is 0.370 e. The number of aromatic amines is 1. The number of hydrogen-bond donors (Lipinski definition) is 3. The number of rotatable bonds is 8. The number of anilines is 1. The second kappa shape index (κ2) is 9.71. The minimum Gasteiger partial charge on any atom is -0.370 e. The zero-order valence-corrected chi connectivity index (χ0v) is 17.5. The first-order valence-electron chi connectivity index (χ1n) is 9.90. The molecule has 3 aromatic rings. The molecular weight excluding hydrogens is 394 g/mol. The predicted molar refractivity (Wildman–Crippen MR) is 120 cm³/mol. The van der Waals surface area contributed by atoms with Crippen molar-refractivity contribution in [1.29, 1.82) is 0 Å². The van der Waals surface area contributed by atoms with E-state index in [9.17, 15) is 14.4 Å². The average Bonchev–Trinajstić information content (AvgIpc) is 3.20. The number of carbonyl (C=O) groups excluding carboxylic acids is 3. The normalized spacial score (nSPS) is 12.1.